The molecule has 0 aliphatic heterocycles. The minimum absolute atomic E-state index is 0.218. The van der Waals surface area contributed by atoms with Gasteiger partial charge in [0, 0.05) is 19.5 Å². The first-order chi connectivity index (χ1) is 22.5. The lowest BCUT2D eigenvalue weighted by atomic mass is 10.0. The number of hydrogen-bond donors (Lipinski definition) is 0. The first kappa shape index (κ1) is 35.2. The van der Waals surface area contributed by atoms with Gasteiger partial charge in [-0.15, -0.1) is 0 Å². The molecule has 4 aromatic carbocycles. The van der Waals surface area contributed by atoms with Crippen molar-refractivity contribution in [2.75, 3.05) is 27.3 Å². The summed E-state index contributed by atoms with van der Waals surface area (Å²) in [4.78, 5) is 25.6. The molecule has 0 radical (unpaired) electrons. The second-order valence-corrected chi connectivity index (χ2v) is 11.1. The number of hydrogen-bond acceptors (Lipinski definition) is 6. The van der Waals surface area contributed by atoms with Crippen LogP contribution in [0, 0.1) is 5.82 Å². The van der Waals surface area contributed by atoms with Crippen molar-refractivity contribution in [3.8, 4) is 16.9 Å². The highest BCUT2D eigenvalue weighted by Gasteiger charge is 2.30. The van der Waals surface area contributed by atoms with Gasteiger partial charge >= 0.3 is 18.1 Å². The van der Waals surface area contributed by atoms with E-state index in [1.807, 2.05) is 36.4 Å². The van der Waals surface area contributed by atoms with Crippen LogP contribution >= 0.6 is 0 Å². The Bertz CT molecular complexity index is 1600. The highest BCUT2D eigenvalue weighted by Crippen LogP contribution is 2.31. The molecule has 0 aromatic heterocycles. The fourth-order valence-corrected chi connectivity index (χ4v) is 5.07. The molecular weight excluding hydrogens is 614 g/mol. The molecule has 6 nitrogen and oxygen atoms in total. The zero-order valence-corrected chi connectivity index (χ0v) is 26.3. The molecule has 47 heavy (non-hydrogen) atoms. The van der Waals surface area contributed by atoms with Crippen LogP contribution in [0.5, 0.6) is 5.75 Å². The number of ether oxygens (including phenoxy) is 3. The van der Waals surface area contributed by atoms with Crippen LogP contribution in [-0.4, -0.2) is 44.1 Å². The van der Waals surface area contributed by atoms with Gasteiger partial charge in [0.15, 0.2) is 0 Å². The maximum atomic E-state index is 14.4. The van der Waals surface area contributed by atoms with Crippen LogP contribution in [0.3, 0.4) is 0 Å². The standard InChI is InChI=1S/C37H37F4NO5/c1-45-35(43)5-3-4-21-42(24-26-6-12-30(13-7-26)36(44)46-2)22-20-31-23-33(38)18-19-34(31)47-25-27-8-10-28(11-9-27)29-14-16-32(17-15-29)37(39,40)41/h6-19,23H,3-5,20-22,24-25H2,1-2H3. The summed E-state index contributed by atoms with van der Waals surface area (Å²) in [5.41, 5.74) is 3.73. The predicted molar refractivity (Wildman–Crippen MR) is 170 cm³/mol. The van der Waals surface area contributed by atoms with Crippen LogP contribution in [-0.2, 0) is 40.0 Å². The van der Waals surface area contributed by atoms with E-state index in [-0.39, 0.29) is 18.4 Å². The van der Waals surface area contributed by atoms with Crippen molar-refractivity contribution in [3.63, 3.8) is 0 Å². The Hall–Kier alpha value is -4.70. The van der Waals surface area contributed by atoms with E-state index in [4.69, 9.17) is 14.2 Å². The lowest BCUT2D eigenvalue weighted by Gasteiger charge is -2.23. The Morgan fingerprint density at radius 2 is 1.38 bits per heavy atom. The summed E-state index contributed by atoms with van der Waals surface area (Å²) in [7, 11) is 2.70. The SMILES string of the molecule is COC(=O)CCCCN(CCc1cc(F)ccc1OCc1ccc(-c2ccc(C(F)(F)F)cc2)cc1)Cc1ccc(C(=O)OC)cc1. The maximum Gasteiger partial charge on any atom is 0.416 e. The van der Waals surface area contributed by atoms with Crippen LogP contribution in [0.15, 0.2) is 91.0 Å². The van der Waals surface area contributed by atoms with E-state index in [9.17, 15) is 27.2 Å². The smallest absolute Gasteiger partial charge is 0.416 e. The van der Waals surface area contributed by atoms with E-state index in [2.05, 4.69) is 4.90 Å². The van der Waals surface area contributed by atoms with Crippen molar-refractivity contribution in [2.24, 2.45) is 0 Å². The normalized spacial score (nSPS) is 11.4. The first-order valence-corrected chi connectivity index (χ1v) is 15.2. The monoisotopic (exact) mass is 651 g/mol. The zero-order chi connectivity index (χ0) is 33.8. The van der Waals surface area contributed by atoms with Gasteiger partial charge in [0.05, 0.1) is 25.3 Å². The molecule has 248 valence electrons. The van der Waals surface area contributed by atoms with Crippen LogP contribution in [0.1, 0.15) is 51.9 Å². The Labute approximate surface area is 271 Å². The van der Waals surface area contributed by atoms with Crippen molar-refractivity contribution in [1.29, 1.82) is 0 Å². The molecule has 0 bridgehead atoms. The number of benzene rings is 4. The second-order valence-electron chi connectivity index (χ2n) is 11.1. The minimum Gasteiger partial charge on any atom is -0.489 e. The summed E-state index contributed by atoms with van der Waals surface area (Å²) in [5.74, 6) is -0.502. The number of alkyl halides is 3. The lowest BCUT2D eigenvalue weighted by Crippen LogP contribution is -2.27. The van der Waals surface area contributed by atoms with Gasteiger partial charge in [0.2, 0.25) is 0 Å². The molecule has 4 aromatic rings. The van der Waals surface area contributed by atoms with Crippen molar-refractivity contribution < 1.29 is 41.4 Å². The van der Waals surface area contributed by atoms with E-state index in [0.29, 0.717) is 61.3 Å². The molecule has 0 aliphatic rings. The number of nitrogens with zero attached hydrogens (tertiary/aromatic N) is 1. The number of carbonyl (C=O) groups excluding carboxylic acids is 2. The van der Waals surface area contributed by atoms with Crippen LogP contribution < -0.4 is 4.74 Å². The number of unbranched alkanes of at least 4 members (excludes halogenated alkanes) is 1. The summed E-state index contributed by atoms with van der Waals surface area (Å²) in [6.45, 7) is 2.07. The Balaban J connectivity index is 1.40. The van der Waals surface area contributed by atoms with Gasteiger partial charge in [0.25, 0.3) is 0 Å². The summed E-state index contributed by atoms with van der Waals surface area (Å²) in [6, 6.07) is 23.9. The third-order valence-corrected chi connectivity index (χ3v) is 7.73. The summed E-state index contributed by atoms with van der Waals surface area (Å²) in [6.07, 6.45) is -2.15. The molecule has 0 saturated heterocycles. The zero-order valence-electron chi connectivity index (χ0n) is 26.3. The first-order valence-electron chi connectivity index (χ1n) is 15.2. The highest BCUT2D eigenvalue weighted by atomic mass is 19.4. The number of esters is 2. The Morgan fingerprint density at radius 3 is 2.00 bits per heavy atom. The molecule has 4 rings (SSSR count). The fraction of sp³-hybridized carbons (Fsp3) is 0.297. The molecule has 0 spiro atoms. The average molecular weight is 652 g/mol. The quantitative estimate of drug-likeness (QED) is 0.0733. The number of rotatable bonds is 15. The fourth-order valence-electron chi connectivity index (χ4n) is 5.07. The second kappa shape index (κ2) is 16.7. The molecule has 0 aliphatic carbocycles. The van der Waals surface area contributed by atoms with Crippen molar-refractivity contribution in [1.82, 2.24) is 4.90 Å². The molecule has 0 unspecified atom stereocenters. The van der Waals surface area contributed by atoms with E-state index in [1.54, 1.807) is 18.2 Å². The number of halogens is 4. The molecule has 0 fully saturated rings. The van der Waals surface area contributed by atoms with Gasteiger partial charge in [-0.2, -0.15) is 13.2 Å². The van der Waals surface area contributed by atoms with Gasteiger partial charge in [-0.3, -0.25) is 9.69 Å². The van der Waals surface area contributed by atoms with Gasteiger partial charge in [-0.25, -0.2) is 9.18 Å². The van der Waals surface area contributed by atoms with Gasteiger partial charge < -0.3 is 14.2 Å². The molecule has 10 heteroatoms. The molecule has 0 N–H and O–H groups in total. The van der Waals surface area contributed by atoms with Gasteiger partial charge in [0.1, 0.15) is 18.2 Å². The lowest BCUT2D eigenvalue weighted by molar-refractivity contribution is -0.140. The summed E-state index contributed by atoms with van der Waals surface area (Å²) in [5, 5.41) is 0. The molecular formula is C37H37F4NO5. The Morgan fingerprint density at radius 1 is 0.745 bits per heavy atom. The maximum absolute atomic E-state index is 14.4. The average Bonchev–Trinajstić information content (AvgIpc) is 3.08. The third-order valence-electron chi connectivity index (χ3n) is 7.73. The Kier molecular flexibility index (Phi) is 12.5. The largest absolute Gasteiger partial charge is 0.489 e. The summed E-state index contributed by atoms with van der Waals surface area (Å²) >= 11 is 0. The summed E-state index contributed by atoms with van der Waals surface area (Å²) < 4.78 is 68.7. The van der Waals surface area contributed by atoms with Gasteiger partial charge in [-0.1, -0.05) is 48.5 Å². The van der Waals surface area contributed by atoms with E-state index in [1.165, 1.54) is 38.5 Å². The molecule has 0 atom stereocenters. The van der Waals surface area contributed by atoms with Crippen LogP contribution in [0.2, 0.25) is 0 Å². The molecule has 0 heterocycles. The van der Waals surface area contributed by atoms with Crippen molar-refractivity contribution in [2.45, 2.75) is 45.0 Å². The van der Waals surface area contributed by atoms with Crippen molar-refractivity contribution in [3.05, 3.63) is 125 Å². The molecule has 0 saturated carbocycles. The van der Waals surface area contributed by atoms with Crippen molar-refractivity contribution >= 4 is 11.9 Å². The minimum atomic E-state index is -4.39. The van der Waals surface area contributed by atoms with E-state index < -0.39 is 17.7 Å². The van der Waals surface area contributed by atoms with E-state index in [0.717, 1.165) is 35.2 Å². The van der Waals surface area contributed by atoms with Crippen LogP contribution in [0.4, 0.5) is 17.6 Å². The number of carbonyl (C=O) groups is 2. The third kappa shape index (κ3) is 10.7. The molecule has 0 amide bonds. The highest BCUT2D eigenvalue weighted by molar-refractivity contribution is 5.89. The number of methoxy groups -OCH3 is 2. The van der Waals surface area contributed by atoms with Gasteiger partial charge in [-0.05, 0) is 96.1 Å². The van der Waals surface area contributed by atoms with Crippen LogP contribution in [0.25, 0.3) is 11.1 Å². The topological polar surface area (TPSA) is 65.1 Å². The van der Waals surface area contributed by atoms with E-state index >= 15 is 0 Å². The predicted octanol–water partition coefficient (Wildman–Crippen LogP) is 8.27.